The molecule has 0 radical (unpaired) electrons. The molecule has 0 amide bonds. The number of hydrogen-bond acceptors (Lipinski definition) is 5. The summed E-state index contributed by atoms with van der Waals surface area (Å²) in [6.07, 6.45) is 0. The molecule has 0 fully saturated rings. The van der Waals surface area contributed by atoms with Crippen molar-refractivity contribution in [3.8, 4) is 9.88 Å². The molecule has 88 valence electrons. The average Bonchev–Trinajstić information content (AvgIpc) is 2.89. The van der Waals surface area contributed by atoms with E-state index in [-0.39, 0.29) is 0 Å². The van der Waals surface area contributed by atoms with Crippen LogP contribution >= 0.6 is 38.6 Å². The van der Waals surface area contributed by atoms with E-state index in [1.165, 1.54) is 0 Å². The zero-order valence-electron chi connectivity index (χ0n) is 9.22. The van der Waals surface area contributed by atoms with Crippen LogP contribution in [-0.2, 0) is 0 Å². The predicted octanol–water partition coefficient (Wildman–Crippen LogP) is 3.80. The Bertz CT molecular complexity index is 667. The summed E-state index contributed by atoms with van der Waals surface area (Å²) in [7, 11) is 0. The van der Waals surface area contributed by atoms with Crippen molar-refractivity contribution in [3.63, 3.8) is 0 Å². The summed E-state index contributed by atoms with van der Waals surface area (Å²) in [6, 6.07) is 4.10. The molecule has 0 saturated carbocycles. The summed E-state index contributed by atoms with van der Waals surface area (Å²) >= 11 is 6.71. The summed E-state index contributed by atoms with van der Waals surface area (Å²) in [5, 5.41) is 13.9. The van der Waals surface area contributed by atoms with Crippen LogP contribution in [0.25, 0.3) is 14.8 Å². The van der Waals surface area contributed by atoms with E-state index < -0.39 is 0 Å². The Morgan fingerprint density at radius 3 is 2.71 bits per heavy atom. The second-order valence-corrected chi connectivity index (χ2v) is 7.34. The van der Waals surface area contributed by atoms with Crippen molar-refractivity contribution in [2.75, 3.05) is 0 Å². The first-order valence-corrected chi connectivity index (χ1v) is 7.55. The lowest BCUT2D eigenvalue weighted by molar-refractivity contribution is 0.727. The number of thiophene rings is 1. The van der Waals surface area contributed by atoms with Crippen LogP contribution in [0.3, 0.4) is 0 Å². The highest BCUT2D eigenvalue weighted by atomic mass is 79.9. The molecular formula is C10H9BrN4S2. The fraction of sp³-hybridized carbons (Fsp3) is 0.300. The normalized spacial score (nSPS) is 11.8. The molecule has 0 aliphatic carbocycles. The number of fused-ring (bicyclic) bond motifs is 1. The number of hydrogen-bond donors (Lipinski definition) is 0. The SMILES string of the molecule is CC(C)c1nnc2sc(-c3ccc(Br)s3)nn12. The molecule has 0 unspecified atom stereocenters. The summed E-state index contributed by atoms with van der Waals surface area (Å²) < 4.78 is 2.96. The molecule has 0 atom stereocenters. The van der Waals surface area contributed by atoms with E-state index in [1.807, 2.05) is 10.6 Å². The number of halogens is 1. The lowest BCUT2D eigenvalue weighted by Gasteiger charge is -1.97. The van der Waals surface area contributed by atoms with Crippen molar-refractivity contribution in [3.05, 3.63) is 21.7 Å². The Morgan fingerprint density at radius 1 is 1.24 bits per heavy atom. The molecule has 17 heavy (non-hydrogen) atoms. The Balaban J connectivity index is 2.14. The highest BCUT2D eigenvalue weighted by Crippen LogP contribution is 2.34. The van der Waals surface area contributed by atoms with E-state index in [0.29, 0.717) is 5.92 Å². The molecule has 0 N–H and O–H groups in total. The Kier molecular flexibility index (Phi) is 2.76. The zero-order chi connectivity index (χ0) is 12.0. The van der Waals surface area contributed by atoms with Crippen molar-refractivity contribution in [1.82, 2.24) is 19.8 Å². The Morgan fingerprint density at radius 2 is 2.06 bits per heavy atom. The van der Waals surface area contributed by atoms with E-state index in [9.17, 15) is 0 Å². The molecule has 3 heterocycles. The van der Waals surface area contributed by atoms with Gasteiger partial charge in [0.25, 0.3) is 0 Å². The molecule has 0 spiro atoms. The standard InChI is InChI=1S/C10H9BrN4S2/c1-5(2)8-12-13-10-15(8)14-9(17-10)6-3-4-7(11)16-6/h3-5H,1-2H3. The minimum atomic E-state index is 0.329. The second kappa shape index (κ2) is 4.15. The Labute approximate surface area is 114 Å². The van der Waals surface area contributed by atoms with Gasteiger partial charge in [-0.2, -0.15) is 9.61 Å². The van der Waals surface area contributed by atoms with Crippen LogP contribution in [0.2, 0.25) is 0 Å². The molecule has 0 aliphatic rings. The van der Waals surface area contributed by atoms with E-state index in [4.69, 9.17) is 0 Å². The molecule has 3 rings (SSSR count). The van der Waals surface area contributed by atoms with Gasteiger partial charge in [0.1, 0.15) is 0 Å². The molecule has 4 nitrogen and oxygen atoms in total. The van der Waals surface area contributed by atoms with Crippen LogP contribution in [0.4, 0.5) is 0 Å². The maximum absolute atomic E-state index is 4.58. The molecule has 3 aromatic rings. The van der Waals surface area contributed by atoms with Gasteiger partial charge in [0.05, 0.1) is 8.66 Å². The van der Waals surface area contributed by atoms with Crippen molar-refractivity contribution < 1.29 is 0 Å². The lowest BCUT2D eigenvalue weighted by Crippen LogP contribution is -1.97. The third-order valence-corrected chi connectivity index (χ3v) is 5.01. The number of rotatable bonds is 2. The quantitative estimate of drug-likeness (QED) is 0.718. The van der Waals surface area contributed by atoms with Crippen molar-refractivity contribution in [1.29, 1.82) is 0 Å². The maximum Gasteiger partial charge on any atom is 0.235 e. The van der Waals surface area contributed by atoms with Crippen molar-refractivity contribution in [2.24, 2.45) is 0 Å². The van der Waals surface area contributed by atoms with E-state index in [1.54, 1.807) is 22.7 Å². The summed E-state index contributed by atoms with van der Waals surface area (Å²) in [6.45, 7) is 4.19. The van der Waals surface area contributed by atoms with Gasteiger partial charge in [-0.25, -0.2) is 0 Å². The topological polar surface area (TPSA) is 43.1 Å². The van der Waals surface area contributed by atoms with Crippen LogP contribution in [-0.4, -0.2) is 19.8 Å². The highest BCUT2D eigenvalue weighted by molar-refractivity contribution is 9.11. The zero-order valence-corrected chi connectivity index (χ0v) is 12.4. The van der Waals surface area contributed by atoms with Crippen molar-refractivity contribution in [2.45, 2.75) is 19.8 Å². The average molecular weight is 329 g/mol. The van der Waals surface area contributed by atoms with Gasteiger partial charge in [0, 0.05) is 5.92 Å². The van der Waals surface area contributed by atoms with E-state index >= 15 is 0 Å². The van der Waals surface area contributed by atoms with Crippen LogP contribution < -0.4 is 0 Å². The van der Waals surface area contributed by atoms with Gasteiger partial charge in [-0.05, 0) is 28.1 Å². The van der Waals surface area contributed by atoms with Crippen LogP contribution in [0.15, 0.2) is 15.9 Å². The first kappa shape index (κ1) is 11.3. The minimum absolute atomic E-state index is 0.329. The second-order valence-electron chi connectivity index (χ2n) is 3.92. The van der Waals surface area contributed by atoms with Crippen LogP contribution in [0, 0.1) is 0 Å². The van der Waals surface area contributed by atoms with Gasteiger partial charge in [-0.15, -0.1) is 21.5 Å². The third kappa shape index (κ3) is 1.92. The molecule has 0 aliphatic heterocycles. The first-order valence-electron chi connectivity index (χ1n) is 5.13. The van der Waals surface area contributed by atoms with Gasteiger partial charge in [-0.1, -0.05) is 25.2 Å². The van der Waals surface area contributed by atoms with Crippen molar-refractivity contribution >= 4 is 43.6 Å². The highest BCUT2D eigenvalue weighted by Gasteiger charge is 2.15. The minimum Gasteiger partial charge on any atom is -0.187 e. The molecular weight excluding hydrogens is 320 g/mol. The molecule has 3 aromatic heterocycles. The maximum atomic E-state index is 4.58. The van der Waals surface area contributed by atoms with Gasteiger partial charge >= 0.3 is 0 Å². The smallest absolute Gasteiger partial charge is 0.187 e. The largest absolute Gasteiger partial charge is 0.235 e. The fourth-order valence-corrected chi connectivity index (χ4v) is 3.80. The summed E-state index contributed by atoms with van der Waals surface area (Å²) in [4.78, 5) is 2.01. The molecule has 0 saturated heterocycles. The van der Waals surface area contributed by atoms with Crippen LogP contribution in [0.5, 0.6) is 0 Å². The fourth-order valence-electron chi connectivity index (χ4n) is 1.52. The summed E-state index contributed by atoms with van der Waals surface area (Å²) in [5.74, 6) is 1.24. The molecule has 0 bridgehead atoms. The van der Waals surface area contributed by atoms with Crippen LogP contribution in [0.1, 0.15) is 25.6 Å². The lowest BCUT2D eigenvalue weighted by atomic mass is 10.2. The molecule has 0 aromatic carbocycles. The number of aromatic nitrogens is 4. The third-order valence-electron chi connectivity index (χ3n) is 2.32. The van der Waals surface area contributed by atoms with E-state index in [2.05, 4.69) is 51.1 Å². The van der Waals surface area contributed by atoms with E-state index in [0.717, 1.165) is 24.5 Å². The first-order chi connectivity index (χ1) is 8.15. The molecule has 7 heteroatoms. The van der Waals surface area contributed by atoms with Gasteiger partial charge < -0.3 is 0 Å². The summed E-state index contributed by atoms with van der Waals surface area (Å²) in [5.41, 5.74) is 0. The van der Waals surface area contributed by atoms with Gasteiger partial charge in [-0.3, -0.25) is 0 Å². The predicted molar refractivity (Wildman–Crippen MR) is 73.8 cm³/mol. The Hall–Kier alpha value is -0.790. The van der Waals surface area contributed by atoms with Gasteiger partial charge in [0.2, 0.25) is 4.96 Å². The van der Waals surface area contributed by atoms with Gasteiger partial charge in [0.15, 0.2) is 10.8 Å². The monoisotopic (exact) mass is 328 g/mol. The number of nitrogens with zero attached hydrogens (tertiary/aromatic N) is 4.